The van der Waals surface area contributed by atoms with Crippen molar-refractivity contribution in [3.8, 4) is 0 Å². The lowest BCUT2D eigenvalue weighted by molar-refractivity contribution is -0.142. The molecule has 19 heavy (non-hydrogen) atoms. The maximum absolute atomic E-state index is 12.0. The minimum Gasteiger partial charge on any atom is -0.481 e. The van der Waals surface area contributed by atoms with E-state index in [2.05, 4.69) is 10.6 Å². The summed E-state index contributed by atoms with van der Waals surface area (Å²) in [6.07, 6.45) is 3.05. The molecule has 0 aromatic carbocycles. The minimum absolute atomic E-state index is 0.346. The fourth-order valence-corrected chi connectivity index (χ4v) is 2.22. The normalized spacial score (nSPS) is 22.8. The van der Waals surface area contributed by atoms with Crippen LogP contribution in [0.4, 0.5) is 4.79 Å². The average molecular weight is 269 g/mol. The molecule has 7 nitrogen and oxygen atoms in total. The van der Waals surface area contributed by atoms with E-state index in [-0.39, 0.29) is 12.5 Å². The number of nitrogens with one attached hydrogen (secondary N) is 2. The fourth-order valence-electron chi connectivity index (χ4n) is 2.22. The zero-order valence-corrected chi connectivity index (χ0v) is 10.7. The summed E-state index contributed by atoms with van der Waals surface area (Å²) >= 11 is 0. The van der Waals surface area contributed by atoms with Crippen molar-refractivity contribution in [2.75, 3.05) is 19.6 Å². The molecule has 2 rings (SSSR count). The third kappa shape index (κ3) is 3.84. The van der Waals surface area contributed by atoms with E-state index in [9.17, 15) is 14.4 Å². The molecule has 0 radical (unpaired) electrons. The molecule has 7 heteroatoms. The number of hydrogen-bond acceptors (Lipinski definition) is 3. The number of piperazine rings is 1. The van der Waals surface area contributed by atoms with Crippen molar-refractivity contribution in [3.05, 3.63) is 0 Å². The molecule has 0 aromatic rings. The molecule has 0 bridgehead atoms. The molecule has 1 aliphatic carbocycles. The van der Waals surface area contributed by atoms with E-state index in [1.54, 1.807) is 0 Å². The lowest BCUT2D eigenvalue weighted by Gasteiger charge is -2.34. The van der Waals surface area contributed by atoms with Crippen LogP contribution in [-0.2, 0) is 9.59 Å². The predicted octanol–water partition coefficient (Wildman–Crippen LogP) is -0.229. The Morgan fingerprint density at radius 1 is 1.42 bits per heavy atom. The lowest BCUT2D eigenvalue weighted by atomic mass is 10.1. The van der Waals surface area contributed by atoms with Gasteiger partial charge in [0, 0.05) is 19.6 Å². The average Bonchev–Trinajstić information content (AvgIpc) is 3.15. The first-order valence-corrected chi connectivity index (χ1v) is 6.62. The molecule has 1 saturated heterocycles. The van der Waals surface area contributed by atoms with E-state index in [4.69, 9.17) is 5.11 Å². The van der Waals surface area contributed by atoms with Gasteiger partial charge in [0.1, 0.15) is 6.04 Å². The van der Waals surface area contributed by atoms with E-state index in [0.717, 1.165) is 12.3 Å². The standard InChI is InChI=1S/C12H19N3O4/c16-10(17)7-9-11(18)13-5-6-15(9)12(19)14-4-3-8-1-2-8/h8-9H,1-7H2,(H,13,18)(H,14,19)(H,16,17). The molecule has 2 fully saturated rings. The summed E-state index contributed by atoms with van der Waals surface area (Å²) in [5.74, 6) is -0.761. The van der Waals surface area contributed by atoms with Crippen molar-refractivity contribution in [3.63, 3.8) is 0 Å². The number of hydrogen-bond donors (Lipinski definition) is 3. The molecule has 1 heterocycles. The van der Waals surface area contributed by atoms with Crippen LogP contribution in [0.5, 0.6) is 0 Å². The topological polar surface area (TPSA) is 98.7 Å². The van der Waals surface area contributed by atoms with Gasteiger partial charge in [0.25, 0.3) is 0 Å². The van der Waals surface area contributed by atoms with Crippen LogP contribution in [0, 0.1) is 5.92 Å². The summed E-state index contributed by atoms with van der Waals surface area (Å²) in [5, 5.41) is 14.1. The van der Waals surface area contributed by atoms with E-state index in [1.807, 2.05) is 0 Å². The van der Waals surface area contributed by atoms with Crippen molar-refractivity contribution in [2.45, 2.75) is 31.7 Å². The highest BCUT2D eigenvalue weighted by Crippen LogP contribution is 2.31. The summed E-state index contributed by atoms with van der Waals surface area (Å²) in [7, 11) is 0. The molecular formula is C12H19N3O4. The zero-order valence-electron chi connectivity index (χ0n) is 10.7. The van der Waals surface area contributed by atoms with Crippen LogP contribution in [0.1, 0.15) is 25.7 Å². The summed E-state index contributed by atoms with van der Waals surface area (Å²) in [6, 6.07) is -1.26. The Labute approximate surface area is 111 Å². The number of amides is 3. The van der Waals surface area contributed by atoms with Crippen LogP contribution in [0.2, 0.25) is 0 Å². The second kappa shape index (κ2) is 5.90. The van der Waals surface area contributed by atoms with Gasteiger partial charge in [-0.1, -0.05) is 12.8 Å². The Morgan fingerprint density at radius 3 is 2.79 bits per heavy atom. The maximum atomic E-state index is 12.0. The number of carboxylic acids is 1. The lowest BCUT2D eigenvalue weighted by Crippen LogP contribution is -2.60. The Balaban J connectivity index is 1.87. The van der Waals surface area contributed by atoms with E-state index in [1.165, 1.54) is 17.7 Å². The van der Waals surface area contributed by atoms with Crippen LogP contribution in [0.3, 0.4) is 0 Å². The molecule has 2 aliphatic rings. The van der Waals surface area contributed by atoms with E-state index < -0.39 is 17.9 Å². The Kier molecular flexibility index (Phi) is 4.24. The molecule has 1 saturated carbocycles. The first-order valence-electron chi connectivity index (χ1n) is 6.62. The predicted molar refractivity (Wildman–Crippen MR) is 66.5 cm³/mol. The van der Waals surface area contributed by atoms with Gasteiger partial charge in [0.05, 0.1) is 6.42 Å². The molecule has 3 amide bonds. The molecule has 1 atom stereocenters. The second-order valence-corrected chi connectivity index (χ2v) is 5.06. The van der Waals surface area contributed by atoms with Crippen LogP contribution in [0.25, 0.3) is 0 Å². The van der Waals surface area contributed by atoms with Gasteiger partial charge in [0.2, 0.25) is 5.91 Å². The summed E-state index contributed by atoms with van der Waals surface area (Å²) < 4.78 is 0. The summed E-state index contributed by atoms with van der Waals surface area (Å²) in [4.78, 5) is 35.7. The molecule has 106 valence electrons. The summed E-state index contributed by atoms with van der Waals surface area (Å²) in [5.41, 5.74) is 0. The zero-order chi connectivity index (χ0) is 13.8. The third-order valence-electron chi connectivity index (χ3n) is 3.49. The van der Waals surface area contributed by atoms with Gasteiger partial charge in [-0.25, -0.2) is 4.79 Å². The van der Waals surface area contributed by atoms with Crippen molar-refractivity contribution in [1.29, 1.82) is 0 Å². The van der Waals surface area contributed by atoms with Crippen LogP contribution in [0.15, 0.2) is 0 Å². The second-order valence-electron chi connectivity index (χ2n) is 5.06. The van der Waals surface area contributed by atoms with E-state index in [0.29, 0.717) is 19.6 Å². The van der Waals surface area contributed by atoms with Crippen molar-refractivity contribution < 1.29 is 19.5 Å². The number of carbonyl (C=O) groups is 3. The van der Waals surface area contributed by atoms with Gasteiger partial charge >= 0.3 is 12.0 Å². The number of aliphatic carboxylic acids is 1. The Morgan fingerprint density at radius 2 is 2.16 bits per heavy atom. The molecule has 0 spiro atoms. The van der Waals surface area contributed by atoms with Crippen molar-refractivity contribution >= 4 is 17.9 Å². The highest BCUT2D eigenvalue weighted by Gasteiger charge is 2.34. The first kappa shape index (κ1) is 13.6. The van der Waals surface area contributed by atoms with Crippen LogP contribution in [-0.4, -0.2) is 53.6 Å². The minimum atomic E-state index is -1.09. The molecule has 1 unspecified atom stereocenters. The van der Waals surface area contributed by atoms with Gasteiger partial charge in [-0.2, -0.15) is 0 Å². The Hall–Kier alpha value is -1.79. The largest absolute Gasteiger partial charge is 0.481 e. The Bertz CT molecular complexity index is 381. The highest BCUT2D eigenvalue weighted by molar-refractivity contribution is 5.91. The summed E-state index contributed by atoms with van der Waals surface area (Å²) in [6.45, 7) is 1.30. The number of carboxylic acid groups (broad SMARTS) is 1. The SMILES string of the molecule is O=C(O)CC1C(=O)NCCN1C(=O)NCCC1CC1. The monoisotopic (exact) mass is 269 g/mol. The van der Waals surface area contributed by atoms with Gasteiger partial charge < -0.3 is 20.6 Å². The number of rotatable bonds is 5. The highest BCUT2D eigenvalue weighted by atomic mass is 16.4. The van der Waals surface area contributed by atoms with Gasteiger partial charge in [-0.3, -0.25) is 9.59 Å². The third-order valence-corrected chi connectivity index (χ3v) is 3.49. The molecular weight excluding hydrogens is 250 g/mol. The fraction of sp³-hybridized carbons (Fsp3) is 0.750. The van der Waals surface area contributed by atoms with Gasteiger partial charge in [-0.05, 0) is 12.3 Å². The van der Waals surface area contributed by atoms with Crippen LogP contribution < -0.4 is 10.6 Å². The van der Waals surface area contributed by atoms with E-state index >= 15 is 0 Å². The smallest absolute Gasteiger partial charge is 0.318 e. The number of nitrogens with zero attached hydrogens (tertiary/aromatic N) is 1. The van der Waals surface area contributed by atoms with Crippen molar-refractivity contribution in [2.24, 2.45) is 5.92 Å². The number of carbonyl (C=O) groups excluding carboxylic acids is 2. The van der Waals surface area contributed by atoms with Crippen LogP contribution >= 0.6 is 0 Å². The number of urea groups is 1. The molecule has 0 aromatic heterocycles. The maximum Gasteiger partial charge on any atom is 0.318 e. The van der Waals surface area contributed by atoms with Gasteiger partial charge in [-0.15, -0.1) is 0 Å². The van der Waals surface area contributed by atoms with Gasteiger partial charge in [0.15, 0.2) is 0 Å². The quantitative estimate of drug-likeness (QED) is 0.642. The first-order chi connectivity index (χ1) is 9.08. The molecule has 1 aliphatic heterocycles. The van der Waals surface area contributed by atoms with Crippen molar-refractivity contribution in [1.82, 2.24) is 15.5 Å². The molecule has 3 N–H and O–H groups in total.